The van der Waals surface area contributed by atoms with Crippen molar-refractivity contribution in [2.75, 3.05) is 13.3 Å². The van der Waals surface area contributed by atoms with Gasteiger partial charge in [-0.1, -0.05) is 35.1 Å². The lowest BCUT2D eigenvalue weighted by Crippen LogP contribution is -2.09. The molecule has 3 nitrogen and oxygen atoms in total. The van der Waals surface area contributed by atoms with E-state index in [1.165, 1.54) is 7.05 Å². The van der Waals surface area contributed by atoms with Gasteiger partial charge in [0.25, 0.3) is 0 Å². The van der Waals surface area contributed by atoms with Crippen LogP contribution in [0.15, 0.2) is 0 Å². The van der Waals surface area contributed by atoms with E-state index in [2.05, 4.69) is 5.10 Å². The number of aryl methyl sites for hydroxylation is 1. The first-order valence-corrected chi connectivity index (χ1v) is 6.83. The number of nitrogens with zero attached hydrogens (tertiary/aromatic N) is 2. The van der Waals surface area contributed by atoms with Crippen molar-refractivity contribution >= 4 is 11.6 Å². The second-order valence-electron chi connectivity index (χ2n) is 2.92. The predicted octanol–water partition coefficient (Wildman–Crippen LogP) is 5.21. The fraction of sp³-hybridized carbons (Fsp3) is 0.769. The third-order valence-electron chi connectivity index (χ3n) is 1.81. The number of rotatable bonds is 4. The maximum Gasteiger partial charge on any atom is 0.435 e. The highest BCUT2D eigenvalue weighted by Gasteiger charge is 2.39. The zero-order valence-electron chi connectivity index (χ0n) is 12.3. The summed E-state index contributed by atoms with van der Waals surface area (Å²) in [4.78, 5) is 0. The van der Waals surface area contributed by atoms with Crippen LogP contribution in [-0.2, 0) is 19.1 Å². The molecule has 0 saturated heterocycles. The Balaban J connectivity index is -0.000000595. The predicted molar refractivity (Wildman–Crippen MR) is 78.7 cm³/mol. The molecule has 0 N–H and O–H groups in total. The fourth-order valence-electron chi connectivity index (χ4n) is 1.22. The second kappa shape index (κ2) is 12.7. The van der Waals surface area contributed by atoms with Gasteiger partial charge < -0.3 is 4.74 Å². The fourth-order valence-corrected chi connectivity index (χ4v) is 1.46. The number of aromatic nitrogens is 2. The first-order valence-electron chi connectivity index (χ1n) is 6.29. The van der Waals surface area contributed by atoms with Crippen LogP contribution >= 0.6 is 11.6 Å². The Kier molecular flexibility index (Phi) is 15.2. The molecule has 1 heterocycles. The smallest absolute Gasteiger partial charge is 0.435 e. The summed E-state index contributed by atoms with van der Waals surface area (Å²) >= 11 is 5.41. The average Bonchev–Trinajstić information content (AvgIpc) is 2.77. The van der Waals surface area contributed by atoms with Crippen molar-refractivity contribution in [2.45, 2.75) is 47.2 Å². The average molecular weight is 337 g/mol. The molecule has 0 amide bonds. The molecule has 0 aliphatic heterocycles. The van der Waals surface area contributed by atoms with Crippen LogP contribution in [0.5, 0.6) is 5.88 Å². The molecule has 1 aromatic rings. The van der Waals surface area contributed by atoms with Gasteiger partial charge in [0.05, 0.1) is 11.4 Å². The van der Waals surface area contributed by atoms with Gasteiger partial charge in [-0.05, 0) is 0 Å². The number of alkyl halides is 5. The highest BCUT2D eigenvalue weighted by atomic mass is 35.5. The molecular formula is C13H25ClF4N2O. The van der Waals surface area contributed by atoms with Gasteiger partial charge in [-0.15, -0.1) is 11.6 Å². The highest BCUT2D eigenvalue weighted by molar-refractivity contribution is 6.17. The third kappa shape index (κ3) is 7.55. The van der Waals surface area contributed by atoms with Crippen LogP contribution in [0.3, 0.4) is 0 Å². The standard InChI is InChI=1S/C8H9ClF4N2O.2C2H6.CH4/c1-15-7(16-3-2-10)5(4-9)6(14-15)8(11,12)13;2*1-2;/h2-4H2,1H3;2*1-2H3;1H4. The lowest BCUT2D eigenvalue weighted by molar-refractivity contribution is -0.141. The van der Waals surface area contributed by atoms with E-state index in [0.717, 1.165) is 4.68 Å². The van der Waals surface area contributed by atoms with E-state index in [0.29, 0.717) is 0 Å². The first-order chi connectivity index (χ1) is 9.41. The number of hydrogen-bond donors (Lipinski definition) is 0. The van der Waals surface area contributed by atoms with Crippen molar-refractivity contribution in [3.63, 3.8) is 0 Å². The quantitative estimate of drug-likeness (QED) is 0.557. The molecule has 0 atom stereocenters. The Labute approximate surface area is 129 Å². The molecule has 0 unspecified atom stereocenters. The minimum atomic E-state index is -4.60. The van der Waals surface area contributed by atoms with Gasteiger partial charge in [-0.3, -0.25) is 0 Å². The van der Waals surface area contributed by atoms with E-state index < -0.39 is 24.4 Å². The molecule has 0 saturated carbocycles. The van der Waals surface area contributed by atoms with E-state index in [1.807, 2.05) is 27.7 Å². The second-order valence-corrected chi connectivity index (χ2v) is 3.19. The van der Waals surface area contributed by atoms with E-state index >= 15 is 0 Å². The van der Waals surface area contributed by atoms with E-state index in [9.17, 15) is 17.6 Å². The van der Waals surface area contributed by atoms with Crippen molar-refractivity contribution in [1.82, 2.24) is 9.78 Å². The highest BCUT2D eigenvalue weighted by Crippen LogP contribution is 2.36. The molecule has 21 heavy (non-hydrogen) atoms. The molecule has 1 rings (SSSR count). The van der Waals surface area contributed by atoms with Crippen molar-refractivity contribution in [1.29, 1.82) is 0 Å². The van der Waals surface area contributed by atoms with Crippen LogP contribution in [0.2, 0.25) is 0 Å². The maximum atomic E-state index is 12.5. The van der Waals surface area contributed by atoms with Crippen molar-refractivity contribution in [2.24, 2.45) is 7.05 Å². The van der Waals surface area contributed by atoms with Crippen molar-refractivity contribution in [3.8, 4) is 5.88 Å². The summed E-state index contributed by atoms with van der Waals surface area (Å²) in [5, 5.41) is 3.27. The van der Waals surface area contributed by atoms with Crippen LogP contribution in [0.4, 0.5) is 17.6 Å². The minimum Gasteiger partial charge on any atom is -0.475 e. The summed E-state index contributed by atoms with van der Waals surface area (Å²) in [5.41, 5.74) is -1.37. The van der Waals surface area contributed by atoms with E-state index in [-0.39, 0.29) is 25.5 Å². The zero-order chi connectivity index (χ0) is 16.3. The van der Waals surface area contributed by atoms with E-state index in [1.54, 1.807) is 0 Å². The SMILES string of the molecule is C.CC.CC.Cn1nc(C(F)(F)F)c(CCl)c1OCCF. The number of halogens is 5. The largest absolute Gasteiger partial charge is 0.475 e. The minimum absolute atomic E-state index is 0. The van der Waals surface area contributed by atoms with Crippen LogP contribution in [0.25, 0.3) is 0 Å². The zero-order valence-corrected chi connectivity index (χ0v) is 13.1. The summed E-state index contributed by atoms with van der Waals surface area (Å²) in [6.45, 7) is 6.87. The number of ether oxygens (including phenoxy) is 1. The van der Waals surface area contributed by atoms with Gasteiger partial charge in [-0.2, -0.15) is 18.3 Å². The summed E-state index contributed by atoms with van der Waals surface area (Å²) < 4.78 is 55.1. The molecule has 0 aromatic carbocycles. The van der Waals surface area contributed by atoms with Crippen molar-refractivity contribution in [3.05, 3.63) is 11.3 Å². The summed E-state index contributed by atoms with van der Waals surface area (Å²) in [6.07, 6.45) is -4.60. The van der Waals surface area contributed by atoms with Crippen LogP contribution in [0.1, 0.15) is 46.4 Å². The van der Waals surface area contributed by atoms with E-state index in [4.69, 9.17) is 16.3 Å². The summed E-state index contributed by atoms with van der Waals surface area (Å²) in [5.74, 6) is -0.551. The lowest BCUT2D eigenvalue weighted by Gasteiger charge is -2.06. The molecule has 0 aliphatic carbocycles. The summed E-state index contributed by atoms with van der Waals surface area (Å²) in [6, 6.07) is 0. The van der Waals surface area contributed by atoms with Crippen LogP contribution < -0.4 is 4.74 Å². The first kappa shape index (κ1) is 25.0. The molecule has 0 bridgehead atoms. The Hall–Kier alpha value is -0.980. The summed E-state index contributed by atoms with van der Waals surface area (Å²) in [7, 11) is 1.28. The monoisotopic (exact) mass is 336 g/mol. The molecule has 0 radical (unpaired) electrons. The molecule has 0 spiro atoms. The molecule has 8 heteroatoms. The Morgan fingerprint density at radius 3 is 2.00 bits per heavy atom. The van der Waals surface area contributed by atoms with Gasteiger partial charge in [0, 0.05) is 7.05 Å². The molecule has 0 aliphatic rings. The molecule has 0 fully saturated rings. The normalized spacial score (nSPS) is 9.62. The van der Waals surface area contributed by atoms with Gasteiger partial charge in [0.15, 0.2) is 5.69 Å². The van der Waals surface area contributed by atoms with Gasteiger partial charge in [0.2, 0.25) is 5.88 Å². The maximum absolute atomic E-state index is 12.5. The lowest BCUT2D eigenvalue weighted by atomic mass is 10.2. The molecule has 1 aromatic heterocycles. The Morgan fingerprint density at radius 2 is 1.67 bits per heavy atom. The third-order valence-corrected chi connectivity index (χ3v) is 2.07. The van der Waals surface area contributed by atoms with Crippen molar-refractivity contribution < 1.29 is 22.3 Å². The Bertz CT molecular complexity index is 368. The van der Waals surface area contributed by atoms with Crippen LogP contribution in [0, 0.1) is 0 Å². The number of hydrogen-bond acceptors (Lipinski definition) is 2. The molecular weight excluding hydrogens is 312 g/mol. The van der Waals surface area contributed by atoms with Gasteiger partial charge in [-0.25, -0.2) is 9.07 Å². The van der Waals surface area contributed by atoms with Crippen LogP contribution in [-0.4, -0.2) is 23.1 Å². The Morgan fingerprint density at radius 1 is 1.19 bits per heavy atom. The molecule has 128 valence electrons. The van der Waals surface area contributed by atoms with Gasteiger partial charge >= 0.3 is 6.18 Å². The topological polar surface area (TPSA) is 27.1 Å². The van der Waals surface area contributed by atoms with Gasteiger partial charge in [0.1, 0.15) is 13.3 Å².